The van der Waals surface area contributed by atoms with Crippen LogP contribution >= 0.6 is 23.2 Å². The van der Waals surface area contributed by atoms with E-state index in [2.05, 4.69) is 0 Å². The van der Waals surface area contributed by atoms with Crippen molar-refractivity contribution in [1.82, 2.24) is 0 Å². The predicted molar refractivity (Wildman–Crippen MR) is 90.6 cm³/mol. The highest BCUT2D eigenvalue weighted by Crippen LogP contribution is 2.36. The third kappa shape index (κ3) is 4.19. The molecule has 0 radical (unpaired) electrons. The predicted octanol–water partition coefficient (Wildman–Crippen LogP) is 4.05. The summed E-state index contributed by atoms with van der Waals surface area (Å²) in [5.74, 6) is -0.463. The third-order valence-corrected chi connectivity index (χ3v) is 3.67. The van der Waals surface area contributed by atoms with E-state index in [9.17, 15) is 9.59 Å². The van der Waals surface area contributed by atoms with Crippen LogP contribution in [0.15, 0.2) is 36.4 Å². The molecule has 0 atom stereocenters. The molecule has 2 aromatic carbocycles. The van der Waals surface area contributed by atoms with E-state index in [0.29, 0.717) is 16.3 Å². The van der Waals surface area contributed by atoms with Crippen molar-refractivity contribution >= 4 is 35.0 Å². The van der Waals surface area contributed by atoms with Crippen LogP contribution in [0.25, 0.3) is 0 Å². The number of esters is 1. The number of hydrogen-bond donors (Lipinski definition) is 0. The largest absolute Gasteiger partial charge is 0.493 e. The highest BCUT2D eigenvalue weighted by atomic mass is 35.5. The molecule has 0 amide bonds. The summed E-state index contributed by atoms with van der Waals surface area (Å²) in [5, 5.41) is 0.629. The van der Waals surface area contributed by atoms with Crippen LogP contribution in [0.1, 0.15) is 20.7 Å². The van der Waals surface area contributed by atoms with E-state index in [0.717, 1.165) is 0 Å². The molecule has 24 heavy (non-hydrogen) atoms. The molecular formula is C17H14Cl2O5. The molecule has 0 aliphatic heterocycles. The molecule has 0 aliphatic carbocycles. The number of hydrogen-bond acceptors (Lipinski definition) is 5. The maximum Gasteiger partial charge on any atom is 0.338 e. The molecular weight excluding hydrogens is 355 g/mol. The van der Waals surface area contributed by atoms with Crippen LogP contribution in [0.3, 0.4) is 0 Å². The number of benzene rings is 2. The van der Waals surface area contributed by atoms with Gasteiger partial charge in [-0.25, -0.2) is 4.79 Å². The zero-order chi connectivity index (χ0) is 17.7. The first-order chi connectivity index (χ1) is 11.5. The number of carbonyl (C=O) groups excluding carboxylic acids is 2. The van der Waals surface area contributed by atoms with Gasteiger partial charge in [-0.3, -0.25) is 4.79 Å². The summed E-state index contributed by atoms with van der Waals surface area (Å²) in [6, 6.07) is 9.20. The highest BCUT2D eigenvalue weighted by molar-refractivity contribution is 6.32. The van der Waals surface area contributed by atoms with Gasteiger partial charge in [0.2, 0.25) is 0 Å². The molecule has 0 aromatic heterocycles. The molecule has 2 aromatic rings. The van der Waals surface area contributed by atoms with Crippen LogP contribution in [0.2, 0.25) is 10.0 Å². The first-order valence-electron chi connectivity index (χ1n) is 6.83. The SMILES string of the molecule is COc1cc(C(=O)OCC(=O)c2cccc(Cl)c2)cc(Cl)c1OC. The van der Waals surface area contributed by atoms with Crippen molar-refractivity contribution in [2.24, 2.45) is 0 Å². The van der Waals surface area contributed by atoms with E-state index in [1.807, 2.05) is 0 Å². The fourth-order valence-electron chi connectivity index (χ4n) is 2.00. The van der Waals surface area contributed by atoms with Crippen LogP contribution in [-0.4, -0.2) is 32.6 Å². The number of halogens is 2. The zero-order valence-corrected chi connectivity index (χ0v) is 14.5. The molecule has 0 bridgehead atoms. The van der Waals surface area contributed by atoms with Gasteiger partial charge in [-0.15, -0.1) is 0 Å². The Morgan fingerprint density at radius 3 is 2.38 bits per heavy atom. The summed E-state index contributed by atoms with van der Waals surface area (Å²) in [6.45, 7) is -0.412. The van der Waals surface area contributed by atoms with Crippen molar-refractivity contribution in [3.8, 4) is 11.5 Å². The van der Waals surface area contributed by atoms with Gasteiger partial charge in [-0.05, 0) is 24.3 Å². The van der Waals surface area contributed by atoms with E-state index in [-0.39, 0.29) is 22.1 Å². The second-order valence-corrected chi connectivity index (χ2v) is 5.55. The molecule has 0 N–H and O–H groups in total. The molecule has 0 fully saturated rings. The van der Waals surface area contributed by atoms with Crippen molar-refractivity contribution in [3.05, 3.63) is 57.6 Å². The number of carbonyl (C=O) groups is 2. The lowest BCUT2D eigenvalue weighted by Crippen LogP contribution is -2.14. The minimum atomic E-state index is -0.701. The van der Waals surface area contributed by atoms with E-state index in [1.165, 1.54) is 32.4 Å². The van der Waals surface area contributed by atoms with E-state index >= 15 is 0 Å². The number of rotatable bonds is 6. The smallest absolute Gasteiger partial charge is 0.338 e. The molecule has 0 aliphatic rings. The average molecular weight is 369 g/mol. The van der Waals surface area contributed by atoms with Gasteiger partial charge in [0, 0.05) is 10.6 Å². The maximum atomic E-state index is 12.1. The van der Waals surface area contributed by atoms with E-state index in [1.54, 1.807) is 18.2 Å². The van der Waals surface area contributed by atoms with Gasteiger partial charge in [0.05, 0.1) is 24.8 Å². The molecule has 0 unspecified atom stereocenters. The van der Waals surface area contributed by atoms with Crippen LogP contribution in [-0.2, 0) is 4.74 Å². The normalized spacial score (nSPS) is 10.2. The summed E-state index contributed by atoms with van der Waals surface area (Å²) in [7, 11) is 2.86. The van der Waals surface area contributed by atoms with Crippen molar-refractivity contribution in [1.29, 1.82) is 0 Å². The molecule has 0 heterocycles. The molecule has 2 rings (SSSR count). The molecule has 5 nitrogen and oxygen atoms in total. The quantitative estimate of drug-likeness (QED) is 0.568. The Hall–Kier alpha value is -2.24. The number of ether oxygens (including phenoxy) is 3. The summed E-state index contributed by atoms with van der Waals surface area (Å²) in [4.78, 5) is 24.1. The second-order valence-electron chi connectivity index (χ2n) is 4.70. The first-order valence-corrected chi connectivity index (χ1v) is 7.59. The second kappa shape index (κ2) is 8.04. The number of ketones is 1. The Morgan fingerprint density at radius 1 is 1.00 bits per heavy atom. The molecule has 0 spiro atoms. The van der Waals surface area contributed by atoms with Crippen LogP contribution in [0.4, 0.5) is 0 Å². The topological polar surface area (TPSA) is 61.8 Å². The lowest BCUT2D eigenvalue weighted by molar-refractivity contribution is 0.0474. The Labute approximate surface area is 149 Å². The average Bonchev–Trinajstić information content (AvgIpc) is 2.58. The van der Waals surface area contributed by atoms with Crippen LogP contribution in [0, 0.1) is 0 Å². The summed E-state index contributed by atoms with van der Waals surface area (Å²) in [6.07, 6.45) is 0. The Kier molecular flexibility index (Phi) is 6.06. The zero-order valence-electron chi connectivity index (χ0n) is 13.0. The van der Waals surface area contributed by atoms with Gasteiger partial charge in [0.25, 0.3) is 0 Å². The monoisotopic (exact) mass is 368 g/mol. The summed E-state index contributed by atoms with van der Waals surface area (Å²) < 4.78 is 15.2. The maximum absolute atomic E-state index is 12.1. The van der Waals surface area contributed by atoms with Crippen molar-refractivity contribution in [2.75, 3.05) is 20.8 Å². The minimum Gasteiger partial charge on any atom is -0.493 e. The van der Waals surface area contributed by atoms with Crippen molar-refractivity contribution < 1.29 is 23.8 Å². The molecule has 0 saturated heterocycles. The summed E-state index contributed by atoms with van der Waals surface area (Å²) >= 11 is 11.9. The molecule has 7 heteroatoms. The Balaban J connectivity index is 2.10. The molecule has 0 saturated carbocycles. The van der Waals surface area contributed by atoms with Gasteiger partial charge >= 0.3 is 5.97 Å². The fraction of sp³-hybridized carbons (Fsp3) is 0.176. The Bertz CT molecular complexity index is 774. The van der Waals surface area contributed by atoms with Crippen LogP contribution in [0.5, 0.6) is 11.5 Å². The molecule has 126 valence electrons. The lowest BCUT2D eigenvalue weighted by atomic mass is 10.1. The van der Waals surface area contributed by atoms with Gasteiger partial charge in [-0.2, -0.15) is 0 Å². The van der Waals surface area contributed by atoms with Crippen LogP contribution < -0.4 is 9.47 Å². The third-order valence-electron chi connectivity index (χ3n) is 3.15. The standard InChI is InChI=1S/C17H14Cl2O5/c1-22-15-8-11(7-13(19)16(15)23-2)17(21)24-9-14(20)10-4-3-5-12(18)6-10/h3-8H,9H2,1-2H3. The highest BCUT2D eigenvalue weighted by Gasteiger charge is 2.17. The van der Waals surface area contributed by atoms with Crippen molar-refractivity contribution in [2.45, 2.75) is 0 Å². The number of methoxy groups -OCH3 is 2. The van der Waals surface area contributed by atoms with Gasteiger partial charge in [0.1, 0.15) is 0 Å². The van der Waals surface area contributed by atoms with E-state index < -0.39 is 12.6 Å². The first kappa shape index (κ1) is 18.1. The lowest BCUT2D eigenvalue weighted by Gasteiger charge is -2.11. The van der Waals surface area contributed by atoms with E-state index in [4.69, 9.17) is 37.4 Å². The Morgan fingerprint density at radius 2 is 1.75 bits per heavy atom. The number of Topliss-reactive ketones (excluding diaryl/α,β-unsaturated/α-hetero) is 1. The fourth-order valence-corrected chi connectivity index (χ4v) is 2.47. The summed E-state index contributed by atoms with van der Waals surface area (Å²) in [5.41, 5.74) is 0.511. The van der Waals surface area contributed by atoms with Crippen molar-refractivity contribution in [3.63, 3.8) is 0 Å². The van der Waals surface area contributed by atoms with Gasteiger partial charge < -0.3 is 14.2 Å². The minimum absolute atomic E-state index is 0.150. The van der Waals surface area contributed by atoms with Gasteiger partial charge in [0.15, 0.2) is 23.9 Å². The van der Waals surface area contributed by atoms with Gasteiger partial charge in [-0.1, -0.05) is 35.3 Å².